The highest BCUT2D eigenvalue weighted by atomic mass is 32.1. The van der Waals surface area contributed by atoms with E-state index in [2.05, 4.69) is 9.97 Å². The lowest BCUT2D eigenvalue weighted by Crippen LogP contribution is -1.95. The largest absolute Gasteiger partial charge is 0.476 e. The summed E-state index contributed by atoms with van der Waals surface area (Å²) < 4.78 is 0. The summed E-state index contributed by atoms with van der Waals surface area (Å²) in [4.78, 5) is 18.5. The summed E-state index contributed by atoms with van der Waals surface area (Å²) in [5.41, 5.74) is 0.0789. The number of rotatable bonds is 2. The Morgan fingerprint density at radius 3 is 2.77 bits per heavy atom. The van der Waals surface area contributed by atoms with Crippen molar-refractivity contribution in [1.29, 1.82) is 0 Å². The Balaban J connectivity index is 2.39. The Morgan fingerprint density at radius 1 is 1.38 bits per heavy atom. The first-order valence-corrected chi connectivity index (χ1v) is 5.12. The van der Waals surface area contributed by atoms with Gasteiger partial charge >= 0.3 is 5.97 Å². The average Bonchev–Trinajstić information content (AvgIpc) is 2.75. The first-order chi connectivity index (χ1) is 6.27. The fraction of sp³-hybridized carbons (Fsp3) is 0. The van der Waals surface area contributed by atoms with Crippen molar-refractivity contribution in [2.45, 2.75) is 0 Å². The van der Waals surface area contributed by atoms with Crippen molar-refractivity contribution in [2.24, 2.45) is 0 Å². The highest BCUT2D eigenvalue weighted by Crippen LogP contribution is 2.25. The zero-order valence-corrected chi connectivity index (χ0v) is 7.93. The van der Waals surface area contributed by atoms with Crippen molar-refractivity contribution in [3.05, 3.63) is 22.7 Å². The molecule has 0 fully saturated rings. The number of hydrogen-bond acceptors (Lipinski definition) is 5. The molecule has 0 bridgehead atoms. The highest BCUT2D eigenvalue weighted by molar-refractivity contribution is 7.19. The topological polar surface area (TPSA) is 63.1 Å². The van der Waals surface area contributed by atoms with E-state index in [0.29, 0.717) is 5.01 Å². The molecule has 0 radical (unpaired) electrons. The van der Waals surface area contributed by atoms with Crippen LogP contribution in [0.15, 0.2) is 17.0 Å². The molecule has 2 aromatic rings. The normalized spacial score (nSPS) is 10.2. The molecule has 2 aromatic heterocycles. The Kier molecular flexibility index (Phi) is 2.07. The van der Waals surface area contributed by atoms with Crippen LogP contribution in [0.1, 0.15) is 10.5 Å². The second kappa shape index (κ2) is 3.23. The number of carbonyl (C=O) groups is 1. The molecule has 2 rings (SSSR count). The van der Waals surface area contributed by atoms with Crippen molar-refractivity contribution < 1.29 is 9.90 Å². The number of hydrogen-bond donors (Lipinski definition) is 1. The molecule has 66 valence electrons. The van der Waals surface area contributed by atoms with Crippen LogP contribution < -0.4 is 0 Å². The Morgan fingerprint density at radius 2 is 2.23 bits per heavy atom. The maximum atomic E-state index is 10.5. The minimum Gasteiger partial charge on any atom is -0.476 e. The van der Waals surface area contributed by atoms with Crippen LogP contribution in [0.25, 0.3) is 10.0 Å². The fourth-order valence-corrected chi connectivity index (χ4v) is 2.29. The van der Waals surface area contributed by atoms with Gasteiger partial charge in [-0.25, -0.2) is 14.8 Å². The summed E-state index contributed by atoms with van der Waals surface area (Å²) in [7, 11) is 0. The zero-order valence-electron chi connectivity index (χ0n) is 6.30. The van der Waals surface area contributed by atoms with Crippen LogP contribution in [-0.4, -0.2) is 21.0 Å². The third kappa shape index (κ3) is 1.58. The smallest absolute Gasteiger partial charge is 0.355 e. The van der Waals surface area contributed by atoms with E-state index in [1.807, 2.05) is 5.38 Å². The van der Waals surface area contributed by atoms with Crippen LogP contribution in [0.4, 0.5) is 0 Å². The van der Waals surface area contributed by atoms with Crippen LogP contribution in [0.3, 0.4) is 0 Å². The monoisotopic (exact) mass is 212 g/mol. The molecule has 0 saturated heterocycles. The van der Waals surface area contributed by atoms with Crippen LogP contribution in [0, 0.1) is 0 Å². The van der Waals surface area contributed by atoms with Gasteiger partial charge in [0.15, 0.2) is 15.7 Å². The van der Waals surface area contributed by atoms with Gasteiger partial charge in [0, 0.05) is 17.0 Å². The summed E-state index contributed by atoms with van der Waals surface area (Å²) in [5, 5.41) is 13.4. The van der Waals surface area contributed by atoms with Gasteiger partial charge in [-0.3, -0.25) is 0 Å². The third-order valence-corrected chi connectivity index (χ3v) is 3.10. The maximum absolute atomic E-state index is 10.5. The molecule has 0 saturated carbocycles. The predicted molar refractivity (Wildman–Crippen MR) is 50.2 cm³/mol. The predicted octanol–water partition coefficient (Wildman–Crippen LogP) is 1.96. The minimum absolute atomic E-state index is 0.0789. The van der Waals surface area contributed by atoms with Crippen molar-refractivity contribution in [3.8, 4) is 10.0 Å². The Labute approximate surface area is 81.5 Å². The molecule has 1 N–H and O–H groups in total. The molecule has 0 amide bonds. The van der Waals surface area contributed by atoms with E-state index in [1.165, 1.54) is 28.1 Å². The summed E-state index contributed by atoms with van der Waals surface area (Å²) in [6.45, 7) is 0. The lowest BCUT2D eigenvalue weighted by molar-refractivity contribution is 0.0691. The van der Waals surface area contributed by atoms with Gasteiger partial charge in [-0.15, -0.1) is 22.7 Å². The average molecular weight is 212 g/mol. The fourth-order valence-electron chi connectivity index (χ4n) is 0.799. The molecule has 0 spiro atoms. The molecule has 0 aliphatic carbocycles. The number of carboxylic acid groups (broad SMARTS) is 1. The highest BCUT2D eigenvalue weighted by Gasteiger charge is 2.10. The first kappa shape index (κ1) is 8.33. The lowest BCUT2D eigenvalue weighted by Gasteiger charge is -1.84. The van der Waals surface area contributed by atoms with Crippen molar-refractivity contribution in [2.75, 3.05) is 0 Å². The van der Waals surface area contributed by atoms with Crippen LogP contribution in [0.5, 0.6) is 0 Å². The van der Waals surface area contributed by atoms with Crippen molar-refractivity contribution >= 4 is 28.6 Å². The molecule has 0 aliphatic heterocycles. The van der Waals surface area contributed by atoms with Gasteiger partial charge in [0.05, 0.1) is 0 Å². The molecular weight excluding hydrogens is 208 g/mol. The van der Waals surface area contributed by atoms with Gasteiger partial charge in [-0.1, -0.05) is 0 Å². The molecule has 0 unspecified atom stereocenters. The van der Waals surface area contributed by atoms with E-state index >= 15 is 0 Å². The lowest BCUT2D eigenvalue weighted by atomic mass is 10.5. The number of aromatic nitrogens is 2. The van der Waals surface area contributed by atoms with Crippen LogP contribution in [-0.2, 0) is 0 Å². The Bertz CT molecular complexity index is 421. The number of thiazole rings is 2. The standard InChI is InChI=1S/C7H4N2O2S2/c10-7(11)4-3-13-6(9-4)5-8-1-2-12-5/h1-3H,(H,10,11). The van der Waals surface area contributed by atoms with E-state index in [1.54, 1.807) is 6.20 Å². The van der Waals surface area contributed by atoms with E-state index < -0.39 is 5.97 Å². The summed E-state index contributed by atoms with van der Waals surface area (Å²) in [6.07, 6.45) is 1.67. The van der Waals surface area contributed by atoms with Crippen molar-refractivity contribution in [1.82, 2.24) is 9.97 Å². The first-order valence-electron chi connectivity index (χ1n) is 3.36. The summed E-state index contributed by atoms with van der Waals surface area (Å²) in [6, 6.07) is 0. The van der Waals surface area contributed by atoms with Gasteiger partial charge in [0.2, 0.25) is 0 Å². The molecule has 0 atom stereocenters. The van der Waals surface area contributed by atoms with Gasteiger partial charge in [0.25, 0.3) is 0 Å². The molecule has 0 aliphatic rings. The van der Waals surface area contributed by atoms with Gasteiger partial charge < -0.3 is 5.11 Å². The number of aromatic carboxylic acids is 1. The van der Waals surface area contributed by atoms with Crippen LogP contribution in [0.2, 0.25) is 0 Å². The number of carboxylic acids is 1. The Hall–Kier alpha value is -1.27. The number of nitrogens with zero attached hydrogens (tertiary/aromatic N) is 2. The molecule has 0 aromatic carbocycles. The molecule has 4 nitrogen and oxygen atoms in total. The molecule has 6 heteroatoms. The van der Waals surface area contributed by atoms with Gasteiger partial charge in [0.1, 0.15) is 0 Å². The van der Waals surface area contributed by atoms with Crippen molar-refractivity contribution in [3.63, 3.8) is 0 Å². The molecular formula is C7H4N2O2S2. The SMILES string of the molecule is O=C(O)c1csc(-c2nccs2)n1. The quantitative estimate of drug-likeness (QED) is 0.826. The zero-order chi connectivity index (χ0) is 9.26. The third-order valence-electron chi connectivity index (χ3n) is 1.34. The van der Waals surface area contributed by atoms with Gasteiger partial charge in [-0.05, 0) is 0 Å². The van der Waals surface area contributed by atoms with E-state index in [0.717, 1.165) is 5.01 Å². The second-order valence-corrected chi connectivity index (χ2v) is 3.93. The molecule has 13 heavy (non-hydrogen) atoms. The van der Waals surface area contributed by atoms with Crippen LogP contribution >= 0.6 is 22.7 Å². The van der Waals surface area contributed by atoms with E-state index in [-0.39, 0.29) is 5.69 Å². The van der Waals surface area contributed by atoms with E-state index in [4.69, 9.17) is 5.11 Å². The summed E-state index contributed by atoms with van der Waals surface area (Å²) in [5.74, 6) is -1.00. The summed E-state index contributed by atoms with van der Waals surface area (Å²) >= 11 is 2.74. The second-order valence-electron chi connectivity index (χ2n) is 2.18. The minimum atomic E-state index is -1.00. The molecule has 2 heterocycles. The van der Waals surface area contributed by atoms with Gasteiger partial charge in [-0.2, -0.15) is 0 Å². The maximum Gasteiger partial charge on any atom is 0.355 e. The van der Waals surface area contributed by atoms with E-state index in [9.17, 15) is 4.79 Å².